The van der Waals surface area contributed by atoms with Crippen LogP contribution in [-0.4, -0.2) is 54.5 Å². The molecular formula is C24H26N2O6. The Kier molecular flexibility index (Phi) is 5.88. The van der Waals surface area contributed by atoms with Crippen LogP contribution in [-0.2, 0) is 19.1 Å². The van der Waals surface area contributed by atoms with Gasteiger partial charge in [0.2, 0.25) is 5.91 Å². The number of rotatable bonds is 6. The lowest BCUT2D eigenvalue weighted by molar-refractivity contribution is -0.146. The number of benzene rings is 2. The van der Waals surface area contributed by atoms with Crippen LogP contribution in [0, 0.1) is 5.92 Å². The number of carbonyl (C=O) groups excluding carboxylic acids is 2. The van der Waals surface area contributed by atoms with Crippen molar-refractivity contribution in [2.75, 3.05) is 19.8 Å². The van der Waals surface area contributed by atoms with E-state index in [0.717, 1.165) is 22.3 Å². The molecule has 168 valence electrons. The average molecular weight is 438 g/mol. The Morgan fingerprint density at radius 1 is 1.03 bits per heavy atom. The van der Waals surface area contributed by atoms with E-state index in [4.69, 9.17) is 9.47 Å². The third-order valence-corrected chi connectivity index (χ3v) is 6.03. The molecule has 2 aromatic carbocycles. The van der Waals surface area contributed by atoms with Crippen LogP contribution in [0.15, 0.2) is 48.5 Å². The SMILES string of the molecule is CC(C)(NC(=O)C1COCC1NC(=O)OCC1c2ccccc2-c2ccccc21)C(=O)O. The molecule has 2 atom stereocenters. The zero-order valence-electron chi connectivity index (χ0n) is 18.0. The van der Waals surface area contributed by atoms with Crippen molar-refractivity contribution in [1.29, 1.82) is 0 Å². The van der Waals surface area contributed by atoms with E-state index in [-0.39, 0.29) is 25.7 Å². The third-order valence-electron chi connectivity index (χ3n) is 6.03. The minimum Gasteiger partial charge on any atom is -0.480 e. The van der Waals surface area contributed by atoms with Gasteiger partial charge in [-0.15, -0.1) is 0 Å². The van der Waals surface area contributed by atoms with Gasteiger partial charge in [-0.3, -0.25) is 4.79 Å². The first-order valence-electron chi connectivity index (χ1n) is 10.5. The van der Waals surface area contributed by atoms with Gasteiger partial charge in [0.05, 0.1) is 25.2 Å². The number of aliphatic carboxylic acids is 1. The van der Waals surface area contributed by atoms with Gasteiger partial charge in [-0.2, -0.15) is 0 Å². The number of carbonyl (C=O) groups is 3. The molecule has 8 heteroatoms. The number of carboxylic acids is 1. The van der Waals surface area contributed by atoms with E-state index < -0.39 is 35.5 Å². The number of carboxylic acid groups (broad SMARTS) is 1. The fraction of sp³-hybridized carbons (Fsp3) is 0.375. The second-order valence-electron chi connectivity index (χ2n) is 8.64. The molecule has 4 rings (SSSR count). The molecule has 0 bridgehead atoms. The molecule has 0 spiro atoms. The van der Waals surface area contributed by atoms with E-state index >= 15 is 0 Å². The Balaban J connectivity index is 1.38. The lowest BCUT2D eigenvalue weighted by Crippen LogP contribution is -2.55. The molecule has 2 amide bonds. The lowest BCUT2D eigenvalue weighted by atomic mass is 9.98. The molecule has 0 saturated carbocycles. The van der Waals surface area contributed by atoms with E-state index in [0.29, 0.717) is 0 Å². The van der Waals surface area contributed by atoms with Crippen molar-refractivity contribution >= 4 is 18.0 Å². The first-order valence-corrected chi connectivity index (χ1v) is 10.5. The second-order valence-corrected chi connectivity index (χ2v) is 8.64. The summed E-state index contributed by atoms with van der Waals surface area (Å²) in [5.41, 5.74) is 3.07. The van der Waals surface area contributed by atoms with Crippen molar-refractivity contribution in [2.45, 2.75) is 31.3 Å². The zero-order chi connectivity index (χ0) is 22.9. The normalized spacial score (nSPS) is 19.7. The summed E-state index contributed by atoms with van der Waals surface area (Å²) >= 11 is 0. The molecular weight excluding hydrogens is 412 g/mol. The topological polar surface area (TPSA) is 114 Å². The Morgan fingerprint density at radius 3 is 2.22 bits per heavy atom. The maximum absolute atomic E-state index is 12.6. The smallest absolute Gasteiger partial charge is 0.407 e. The van der Waals surface area contributed by atoms with Gasteiger partial charge in [0.1, 0.15) is 12.1 Å². The van der Waals surface area contributed by atoms with E-state index in [1.165, 1.54) is 13.8 Å². The highest BCUT2D eigenvalue weighted by Gasteiger charge is 2.39. The maximum atomic E-state index is 12.6. The van der Waals surface area contributed by atoms with Crippen molar-refractivity contribution < 1.29 is 29.0 Å². The molecule has 0 radical (unpaired) electrons. The molecule has 1 saturated heterocycles. The highest BCUT2D eigenvalue weighted by atomic mass is 16.5. The summed E-state index contributed by atoms with van der Waals surface area (Å²) < 4.78 is 10.9. The quantitative estimate of drug-likeness (QED) is 0.639. The monoisotopic (exact) mass is 438 g/mol. The van der Waals surface area contributed by atoms with Gasteiger partial charge in [-0.1, -0.05) is 48.5 Å². The second kappa shape index (κ2) is 8.63. The minimum absolute atomic E-state index is 0.0663. The third kappa shape index (κ3) is 4.18. The van der Waals surface area contributed by atoms with Crippen LogP contribution >= 0.6 is 0 Å². The molecule has 1 aliphatic heterocycles. The van der Waals surface area contributed by atoms with Crippen LogP contribution in [0.4, 0.5) is 4.79 Å². The van der Waals surface area contributed by atoms with Crippen LogP contribution in [0.5, 0.6) is 0 Å². The molecule has 1 aliphatic carbocycles. The predicted molar refractivity (Wildman–Crippen MR) is 116 cm³/mol. The fourth-order valence-electron chi connectivity index (χ4n) is 4.20. The van der Waals surface area contributed by atoms with Crippen LogP contribution in [0.2, 0.25) is 0 Å². The van der Waals surface area contributed by atoms with Crippen LogP contribution in [0.3, 0.4) is 0 Å². The molecule has 2 unspecified atom stereocenters. The lowest BCUT2D eigenvalue weighted by Gasteiger charge is -2.25. The van der Waals surface area contributed by atoms with Gasteiger partial charge >= 0.3 is 12.1 Å². The van der Waals surface area contributed by atoms with Crippen molar-refractivity contribution in [3.05, 3.63) is 59.7 Å². The van der Waals surface area contributed by atoms with E-state index in [1.54, 1.807) is 0 Å². The summed E-state index contributed by atoms with van der Waals surface area (Å²) in [7, 11) is 0. The standard InChI is InChI=1S/C24H26N2O6/c1-24(2,22(28)29)26-21(27)19-11-31-13-20(19)25-23(30)32-12-18-16-9-5-3-7-14(16)15-8-4-6-10-17(15)18/h3-10,18-20H,11-13H2,1-2H3,(H,25,30)(H,26,27)(H,28,29). The van der Waals surface area contributed by atoms with Crippen LogP contribution in [0.1, 0.15) is 30.9 Å². The minimum atomic E-state index is -1.42. The van der Waals surface area contributed by atoms with Gasteiger partial charge in [0.15, 0.2) is 0 Å². The van der Waals surface area contributed by atoms with E-state index in [1.807, 2.05) is 36.4 Å². The van der Waals surface area contributed by atoms with Crippen LogP contribution in [0.25, 0.3) is 11.1 Å². The Hall–Kier alpha value is -3.39. The summed E-state index contributed by atoms with van der Waals surface area (Å²) in [6.07, 6.45) is -0.641. The van der Waals surface area contributed by atoms with Gasteiger partial charge in [-0.25, -0.2) is 9.59 Å². The highest BCUT2D eigenvalue weighted by Crippen LogP contribution is 2.44. The maximum Gasteiger partial charge on any atom is 0.407 e. The van der Waals surface area contributed by atoms with Crippen LogP contribution < -0.4 is 10.6 Å². The molecule has 1 heterocycles. The molecule has 8 nitrogen and oxygen atoms in total. The number of amides is 2. The fourth-order valence-corrected chi connectivity index (χ4v) is 4.20. The zero-order valence-corrected chi connectivity index (χ0v) is 18.0. The number of alkyl carbamates (subject to hydrolysis) is 1. The number of ether oxygens (including phenoxy) is 2. The number of hydrogen-bond donors (Lipinski definition) is 3. The molecule has 32 heavy (non-hydrogen) atoms. The van der Waals surface area contributed by atoms with Gasteiger partial charge in [-0.05, 0) is 36.1 Å². The summed E-state index contributed by atoms with van der Waals surface area (Å²) in [5.74, 6) is -2.40. The molecule has 2 aliphatic rings. The van der Waals surface area contributed by atoms with Crippen molar-refractivity contribution in [3.63, 3.8) is 0 Å². The molecule has 2 aromatic rings. The summed E-state index contributed by atoms with van der Waals surface area (Å²) in [4.78, 5) is 36.4. The largest absolute Gasteiger partial charge is 0.480 e. The predicted octanol–water partition coefficient (Wildman–Crippen LogP) is 2.52. The Labute approximate surface area is 185 Å². The van der Waals surface area contributed by atoms with Crippen molar-refractivity contribution in [2.24, 2.45) is 5.92 Å². The summed E-state index contributed by atoms with van der Waals surface area (Å²) in [5, 5.41) is 14.4. The molecule has 3 N–H and O–H groups in total. The van der Waals surface area contributed by atoms with Crippen molar-refractivity contribution in [1.82, 2.24) is 10.6 Å². The number of hydrogen-bond acceptors (Lipinski definition) is 5. The highest BCUT2D eigenvalue weighted by molar-refractivity contribution is 5.88. The van der Waals surface area contributed by atoms with Gasteiger partial charge in [0.25, 0.3) is 0 Å². The molecule has 1 fully saturated rings. The van der Waals surface area contributed by atoms with Gasteiger partial charge < -0.3 is 25.2 Å². The van der Waals surface area contributed by atoms with Gasteiger partial charge in [0, 0.05) is 5.92 Å². The Bertz CT molecular complexity index is 1000. The first-order chi connectivity index (χ1) is 15.3. The van der Waals surface area contributed by atoms with Crippen molar-refractivity contribution in [3.8, 4) is 11.1 Å². The molecule has 0 aromatic heterocycles. The van der Waals surface area contributed by atoms with E-state index in [9.17, 15) is 19.5 Å². The Morgan fingerprint density at radius 2 is 1.62 bits per heavy atom. The summed E-state index contributed by atoms with van der Waals surface area (Å²) in [6, 6.07) is 15.5. The number of nitrogens with one attached hydrogen (secondary N) is 2. The average Bonchev–Trinajstić information content (AvgIpc) is 3.34. The summed E-state index contributed by atoms with van der Waals surface area (Å²) in [6.45, 7) is 3.20. The van der Waals surface area contributed by atoms with E-state index in [2.05, 4.69) is 22.8 Å². The first kappa shape index (κ1) is 21.8. The number of fused-ring (bicyclic) bond motifs is 3.